The molecule has 0 saturated heterocycles. The van der Waals surface area contributed by atoms with Gasteiger partial charge in [-0.2, -0.15) is 0 Å². The number of hydrogen-bond acceptors (Lipinski definition) is 1. The van der Waals surface area contributed by atoms with Crippen LogP contribution in [0.2, 0.25) is 5.02 Å². The highest BCUT2D eigenvalue weighted by Gasteiger charge is 2.14. The first-order chi connectivity index (χ1) is 7.06. The van der Waals surface area contributed by atoms with Gasteiger partial charge in [0.2, 0.25) is 0 Å². The van der Waals surface area contributed by atoms with Crippen LogP contribution in [-0.2, 0) is 0 Å². The van der Waals surface area contributed by atoms with Gasteiger partial charge in [-0.3, -0.25) is 0 Å². The third kappa shape index (κ3) is 3.22. The second kappa shape index (κ2) is 5.53. The summed E-state index contributed by atoms with van der Waals surface area (Å²) >= 11 is 6.15. The molecule has 0 spiro atoms. The van der Waals surface area contributed by atoms with Crippen molar-refractivity contribution >= 4 is 11.6 Å². The van der Waals surface area contributed by atoms with Crippen LogP contribution in [0.3, 0.4) is 0 Å². The predicted octanol–water partition coefficient (Wildman–Crippen LogP) is 4.12. The molecule has 0 saturated carbocycles. The van der Waals surface area contributed by atoms with E-state index >= 15 is 0 Å². The molecule has 0 aliphatic carbocycles. The Hall–Kier alpha value is -0.530. The van der Waals surface area contributed by atoms with E-state index in [0.29, 0.717) is 10.9 Å². The van der Waals surface area contributed by atoms with Crippen LogP contribution in [0.1, 0.15) is 43.9 Å². The second-order valence-electron chi connectivity index (χ2n) is 4.24. The summed E-state index contributed by atoms with van der Waals surface area (Å²) in [6.45, 7) is 6.24. The Kier molecular flexibility index (Phi) is 4.62. The van der Waals surface area contributed by atoms with Crippen LogP contribution in [0.4, 0.5) is 0 Å². The largest absolute Gasteiger partial charge is 0.388 e. The molecule has 2 heteroatoms. The molecule has 2 unspecified atom stereocenters. The fraction of sp³-hybridized carbons (Fsp3) is 0.538. The molecule has 1 N–H and O–H groups in total. The Morgan fingerprint density at radius 3 is 2.67 bits per heavy atom. The van der Waals surface area contributed by atoms with Crippen molar-refractivity contribution < 1.29 is 5.11 Å². The highest BCUT2D eigenvalue weighted by Crippen LogP contribution is 2.30. The first kappa shape index (κ1) is 12.5. The van der Waals surface area contributed by atoms with Gasteiger partial charge in [-0.15, -0.1) is 0 Å². The first-order valence-electron chi connectivity index (χ1n) is 5.49. The Morgan fingerprint density at radius 1 is 1.40 bits per heavy atom. The fourth-order valence-corrected chi connectivity index (χ4v) is 1.85. The van der Waals surface area contributed by atoms with Gasteiger partial charge in [-0.05, 0) is 30.4 Å². The lowest BCUT2D eigenvalue weighted by atomic mass is 9.95. The highest BCUT2D eigenvalue weighted by atomic mass is 35.5. The van der Waals surface area contributed by atoms with E-state index in [1.165, 1.54) is 0 Å². The van der Waals surface area contributed by atoms with Gasteiger partial charge in [0.1, 0.15) is 0 Å². The van der Waals surface area contributed by atoms with Crippen molar-refractivity contribution in [3.8, 4) is 0 Å². The number of hydrogen-bond donors (Lipinski definition) is 1. The predicted molar refractivity (Wildman–Crippen MR) is 65.2 cm³/mol. The summed E-state index contributed by atoms with van der Waals surface area (Å²) in [6, 6.07) is 5.81. The maximum atomic E-state index is 10.0. The molecule has 0 bridgehead atoms. The van der Waals surface area contributed by atoms with Gasteiger partial charge in [-0.25, -0.2) is 0 Å². The Balaban J connectivity index is 2.82. The first-order valence-corrected chi connectivity index (χ1v) is 5.87. The van der Waals surface area contributed by atoms with E-state index in [1.54, 1.807) is 0 Å². The minimum Gasteiger partial charge on any atom is -0.388 e. The minimum atomic E-state index is -0.438. The quantitative estimate of drug-likeness (QED) is 0.819. The molecule has 15 heavy (non-hydrogen) atoms. The van der Waals surface area contributed by atoms with Gasteiger partial charge in [0.05, 0.1) is 6.10 Å². The molecule has 0 aliphatic heterocycles. The van der Waals surface area contributed by atoms with E-state index < -0.39 is 6.10 Å². The van der Waals surface area contributed by atoms with Gasteiger partial charge in [0.15, 0.2) is 0 Å². The summed E-state index contributed by atoms with van der Waals surface area (Å²) in [6.07, 6.45) is 1.42. The lowest BCUT2D eigenvalue weighted by Gasteiger charge is -2.17. The summed E-state index contributed by atoms with van der Waals surface area (Å²) in [5, 5.41) is 10.7. The Labute approximate surface area is 97.1 Å². The summed E-state index contributed by atoms with van der Waals surface area (Å²) < 4.78 is 0. The number of benzene rings is 1. The van der Waals surface area contributed by atoms with Crippen molar-refractivity contribution in [2.24, 2.45) is 5.92 Å². The van der Waals surface area contributed by atoms with Gasteiger partial charge >= 0.3 is 0 Å². The van der Waals surface area contributed by atoms with Crippen molar-refractivity contribution in [1.82, 2.24) is 0 Å². The molecular weight excluding hydrogens is 208 g/mol. The minimum absolute atomic E-state index is 0.438. The molecule has 2 atom stereocenters. The number of aryl methyl sites for hydroxylation is 1. The van der Waals surface area contributed by atoms with Crippen LogP contribution in [0.5, 0.6) is 0 Å². The number of aliphatic hydroxyl groups excluding tert-OH is 1. The molecule has 0 radical (unpaired) electrons. The van der Waals surface area contributed by atoms with Crippen molar-refractivity contribution in [1.29, 1.82) is 0 Å². The van der Waals surface area contributed by atoms with Gasteiger partial charge in [0, 0.05) is 5.02 Å². The second-order valence-corrected chi connectivity index (χ2v) is 4.62. The van der Waals surface area contributed by atoms with E-state index in [-0.39, 0.29) is 0 Å². The Morgan fingerprint density at radius 2 is 2.07 bits per heavy atom. The van der Waals surface area contributed by atoms with Crippen molar-refractivity contribution in [3.05, 3.63) is 34.3 Å². The van der Waals surface area contributed by atoms with Crippen molar-refractivity contribution in [3.63, 3.8) is 0 Å². The van der Waals surface area contributed by atoms with E-state index in [4.69, 9.17) is 11.6 Å². The molecule has 84 valence electrons. The molecule has 0 amide bonds. The smallest absolute Gasteiger partial charge is 0.0807 e. The average molecular weight is 227 g/mol. The zero-order valence-corrected chi connectivity index (χ0v) is 10.4. The fourth-order valence-electron chi connectivity index (χ4n) is 1.60. The maximum absolute atomic E-state index is 10.0. The van der Waals surface area contributed by atoms with Gasteiger partial charge < -0.3 is 5.11 Å². The van der Waals surface area contributed by atoms with E-state index in [1.807, 2.05) is 25.1 Å². The summed E-state index contributed by atoms with van der Waals surface area (Å²) in [5.41, 5.74) is 1.88. The molecule has 0 aromatic heterocycles. The van der Waals surface area contributed by atoms with E-state index in [9.17, 15) is 5.11 Å². The van der Waals surface area contributed by atoms with Crippen LogP contribution in [0, 0.1) is 12.8 Å². The molecule has 1 aromatic rings. The lowest BCUT2D eigenvalue weighted by Crippen LogP contribution is -2.04. The molecule has 1 nitrogen and oxygen atoms in total. The topological polar surface area (TPSA) is 20.2 Å². The molecule has 0 fully saturated rings. The van der Waals surface area contributed by atoms with Gasteiger partial charge in [0.25, 0.3) is 0 Å². The monoisotopic (exact) mass is 226 g/mol. The molecule has 0 aliphatic rings. The van der Waals surface area contributed by atoms with Crippen LogP contribution >= 0.6 is 11.6 Å². The summed E-state index contributed by atoms with van der Waals surface area (Å²) in [5.74, 6) is 0.525. The SMILES string of the molecule is CCC(C)CC(O)c1cccc(C)c1Cl. The van der Waals surface area contributed by atoms with Gasteiger partial charge in [-0.1, -0.05) is 50.1 Å². The third-order valence-corrected chi connectivity index (χ3v) is 3.42. The average Bonchev–Trinajstić information content (AvgIpc) is 2.21. The van der Waals surface area contributed by atoms with E-state index in [0.717, 1.165) is 24.0 Å². The summed E-state index contributed by atoms with van der Waals surface area (Å²) in [7, 11) is 0. The zero-order chi connectivity index (χ0) is 11.4. The summed E-state index contributed by atoms with van der Waals surface area (Å²) in [4.78, 5) is 0. The highest BCUT2D eigenvalue weighted by molar-refractivity contribution is 6.32. The van der Waals surface area contributed by atoms with E-state index in [2.05, 4.69) is 13.8 Å². The number of aliphatic hydroxyl groups is 1. The van der Waals surface area contributed by atoms with Crippen molar-refractivity contribution in [2.45, 2.75) is 39.7 Å². The number of rotatable bonds is 4. The zero-order valence-electron chi connectivity index (χ0n) is 9.63. The Bertz CT molecular complexity index is 322. The maximum Gasteiger partial charge on any atom is 0.0807 e. The normalized spacial score (nSPS) is 15.0. The van der Waals surface area contributed by atoms with Crippen LogP contribution in [0.25, 0.3) is 0 Å². The third-order valence-electron chi connectivity index (χ3n) is 2.90. The molecule has 0 heterocycles. The molecular formula is C13H19ClO. The van der Waals surface area contributed by atoms with Crippen molar-refractivity contribution in [2.75, 3.05) is 0 Å². The lowest BCUT2D eigenvalue weighted by molar-refractivity contribution is 0.146. The molecule has 1 rings (SSSR count). The van der Waals surface area contributed by atoms with Crippen LogP contribution in [-0.4, -0.2) is 5.11 Å². The van der Waals surface area contributed by atoms with Crippen LogP contribution < -0.4 is 0 Å². The van der Waals surface area contributed by atoms with Crippen LogP contribution in [0.15, 0.2) is 18.2 Å². The standard InChI is InChI=1S/C13H19ClO/c1-4-9(2)8-12(15)11-7-5-6-10(3)13(11)14/h5-7,9,12,15H,4,8H2,1-3H3. The number of halogens is 1. The molecule has 1 aromatic carbocycles.